The quantitative estimate of drug-likeness (QED) is 0.265. The third kappa shape index (κ3) is 4.31. The minimum absolute atomic E-state index is 0.0270. The molecular weight excluding hydrogens is 252 g/mol. The van der Waals surface area contributed by atoms with Gasteiger partial charge in [0, 0.05) is 17.2 Å². The van der Waals surface area contributed by atoms with Gasteiger partial charge in [0.1, 0.15) is 0 Å². The first kappa shape index (κ1) is 15.1. The maximum absolute atomic E-state index is 11.1. The molecule has 0 saturated heterocycles. The molecule has 6 nitrogen and oxygen atoms in total. The Balaban J connectivity index is 3.02. The second-order valence-corrected chi connectivity index (χ2v) is 3.57. The van der Waals surface area contributed by atoms with Gasteiger partial charge >= 0.3 is 5.97 Å². The van der Waals surface area contributed by atoms with E-state index >= 15 is 0 Å². The van der Waals surface area contributed by atoms with Gasteiger partial charge in [-0.1, -0.05) is 18.7 Å². The number of aliphatic hydroxyl groups is 4. The Kier molecular flexibility index (Phi) is 5.40. The Morgan fingerprint density at radius 3 is 2.32 bits per heavy atom. The van der Waals surface area contributed by atoms with Crippen molar-refractivity contribution in [2.75, 3.05) is 0 Å². The van der Waals surface area contributed by atoms with Gasteiger partial charge < -0.3 is 25.2 Å². The molecule has 1 rings (SSSR count). The summed E-state index contributed by atoms with van der Waals surface area (Å²) in [5, 5.41) is 36.4. The zero-order valence-corrected chi connectivity index (χ0v) is 9.93. The van der Waals surface area contributed by atoms with Crippen LogP contribution in [-0.4, -0.2) is 26.4 Å². The van der Waals surface area contributed by atoms with Crippen LogP contribution >= 0.6 is 0 Å². The standard InChI is InChI=1S/C13H14O6/c1-2-19-11(14)6-4-8-3-5-9(12(15)16)10(7-8)13(17)18/h2-7,12-13,15-18H,1H2/b6-4+. The molecule has 0 radical (unpaired) electrons. The van der Waals surface area contributed by atoms with Crippen LogP contribution in [0.5, 0.6) is 0 Å². The van der Waals surface area contributed by atoms with Gasteiger partial charge in [0.25, 0.3) is 0 Å². The molecule has 0 heterocycles. The van der Waals surface area contributed by atoms with Gasteiger partial charge in [0.15, 0.2) is 12.6 Å². The van der Waals surface area contributed by atoms with Gasteiger partial charge in [0.05, 0.1) is 6.26 Å². The van der Waals surface area contributed by atoms with Crippen molar-refractivity contribution in [3.63, 3.8) is 0 Å². The highest BCUT2D eigenvalue weighted by molar-refractivity contribution is 5.87. The van der Waals surface area contributed by atoms with E-state index in [0.717, 1.165) is 12.3 Å². The molecule has 1 aromatic carbocycles. The zero-order valence-electron chi connectivity index (χ0n) is 9.93. The topological polar surface area (TPSA) is 107 Å². The van der Waals surface area contributed by atoms with E-state index in [1.54, 1.807) is 0 Å². The number of carbonyl (C=O) groups is 1. The first-order chi connectivity index (χ1) is 8.95. The van der Waals surface area contributed by atoms with Crippen LogP contribution in [0.25, 0.3) is 6.08 Å². The average molecular weight is 266 g/mol. The fraction of sp³-hybridized carbons (Fsp3) is 0.154. The second-order valence-electron chi connectivity index (χ2n) is 3.57. The van der Waals surface area contributed by atoms with E-state index in [1.807, 2.05) is 0 Å². The lowest BCUT2D eigenvalue weighted by Gasteiger charge is -2.13. The summed E-state index contributed by atoms with van der Waals surface area (Å²) in [4.78, 5) is 11.1. The first-order valence-corrected chi connectivity index (χ1v) is 5.31. The number of hydrogen-bond donors (Lipinski definition) is 4. The molecule has 0 fully saturated rings. The Hall–Kier alpha value is -1.99. The smallest absolute Gasteiger partial charge is 0.335 e. The molecule has 6 heteroatoms. The monoisotopic (exact) mass is 266 g/mol. The van der Waals surface area contributed by atoms with E-state index in [-0.39, 0.29) is 11.1 Å². The molecule has 0 aliphatic carbocycles. The van der Waals surface area contributed by atoms with Crippen LogP contribution < -0.4 is 0 Å². The minimum Gasteiger partial charge on any atom is -0.432 e. The van der Waals surface area contributed by atoms with Crippen LogP contribution in [-0.2, 0) is 9.53 Å². The van der Waals surface area contributed by atoms with Gasteiger partial charge in [-0.2, -0.15) is 0 Å². The normalized spacial score (nSPS) is 11.3. The zero-order chi connectivity index (χ0) is 14.4. The molecule has 0 bridgehead atoms. The average Bonchev–Trinajstić information content (AvgIpc) is 2.36. The largest absolute Gasteiger partial charge is 0.432 e. The fourth-order valence-electron chi connectivity index (χ4n) is 1.44. The van der Waals surface area contributed by atoms with Gasteiger partial charge in [-0.3, -0.25) is 0 Å². The van der Waals surface area contributed by atoms with Gasteiger partial charge in [-0.15, -0.1) is 0 Å². The molecule has 0 spiro atoms. The molecular formula is C13H14O6. The number of carbonyl (C=O) groups excluding carboxylic acids is 1. The van der Waals surface area contributed by atoms with Crippen molar-refractivity contribution in [3.8, 4) is 0 Å². The summed E-state index contributed by atoms with van der Waals surface area (Å²) in [6.45, 7) is 3.23. The van der Waals surface area contributed by atoms with Crippen LogP contribution in [0, 0.1) is 0 Å². The van der Waals surface area contributed by atoms with E-state index in [1.165, 1.54) is 24.3 Å². The van der Waals surface area contributed by atoms with E-state index in [4.69, 9.17) is 20.4 Å². The van der Waals surface area contributed by atoms with Crippen LogP contribution in [0.2, 0.25) is 0 Å². The lowest BCUT2D eigenvalue weighted by Crippen LogP contribution is -2.05. The molecule has 19 heavy (non-hydrogen) atoms. The predicted octanol–water partition coefficient (Wildman–Crippen LogP) is 0.353. The van der Waals surface area contributed by atoms with Crippen molar-refractivity contribution < 1.29 is 30.0 Å². The van der Waals surface area contributed by atoms with Gasteiger partial charge in [-0.25, -0.2) is 4.79 Å². The second kappa shape index (κ2) is 6.81. The highest BCUT2D eigenvalue weighted by Gasteiger charge is 2.14. The van der Waals surface area contributed by atoms with Crippen LogP contribution in [0.3, 0.4) is 0 Å². The maximum atomic E-state index is 11.1. The third-order valence-corrected chi connectivity index (χ3v) is 2.28. The molecule has 0 aromatic heterocycles. The molecule has 0 aliphatic rings. The van der Waals surface area contributed by atoms with Crippen molar-refractivity contribution >= 4 is 12.0 Å². The first-order valence-electron chi connectivity index (χ1n) is 5.31. The van der Waals surface area contributed by atoms with Crippen molar-refractivity contribution in [2.24, 2.45) is 0 Å². The number of hydrogen-bond acceptors (Lipinski definition) is 6. The summed E-state index contributed by atoms with van der Waals surface area (Å²) >= 11 is 0. The third-order valence-electron chi connectivity index (χ3n) is 2.28. The molecule has 4 N–H and O–H groups in total. The molecule has 0 saturated carbocycles. The summed E-state index contributed by atoms with van der Waals surface area (Å²) in [6, 6.07) is 4.12. The summed E-state index contributed by atoms with van der Waals surface area (Å²) in [6.07, 6.45) is -0.183. The molecule has 102 valence electrons. The Bertz CT molecular complexity index is 490. The van der Waals surface area contributed by atoms with E-state index in [0.29, 0.717) is 5.56 Å². The van der Waals surface area contributed by atoms with E-state index in [2.05, 4.69) is 11.3 Å². The Morgan fingerprint density at radius 2 is 1.79 bits per heavy atom. The number of esters is 1. The molecule has 0 unspecified atom stereocenters. The number of benzene rings is 1. The summed E-state index contributed by atoms with van der Waals surface area (Å²) in [7, 11) is 0. The molecule has 1 aromatic rings. The molecule has 0 aliphatic heterocycles. The van der Waals surface area contributed by atoms with Crippen LogP contribution in [0.15, 0.2) is 37.1 Å². The van der Waals surface area contributed by atoms with E-state index in [9.17, 15) is 4.79 Å². The highest BCUT2D eigenvalue weighted by Crippen LogP contribution is 2.23. The van der Waals surface area contributed by atoms with Crippen LogP contribution in [0.1, 0.15) is 29.3 Å². The molecule has 0 amide bonds. The molecule has 0 atom stereocenters. The lowest BCUT2D eigenvalue weighted by molar-refractivity contribution is -0.132. The highest BCUT2D eigenvalue weighted by atomic mass is 16.5. The summed E-state index contributed by atoms with van der Waals surface area (Å²) in [5.41, 5.74) is 0.378. The maximum Gasteiger partial charge on any atom is 0.335 e. The summed E-state index contributed by atoms with van der Waals surface area (Å²) in [5.74, 6) is -0.632. The van der Waals surface area contributed by atoms with Crippen molar-refractivity contribution in [2.45, 2.75) is 12.6 Å². The van der Waals surface area contributed by atoms with Gasteiger partial charge in [0.2, 0.25) is 0 Å². The van der Waals surface area contributed by atoms with Crippen molar-refractivity contribution in [3.05, 3.63) is 53.8 Å². The number of aliphatic hydroxyl groups excluding tert-OH is 2. The van der Waals surface area contributed by atoms with Crippen LogP contribution in [0.4, 0.5) is 0 Å². The van der Waals surface area contributed by atoms with Crippen molar-refractivity contribution in [1.29, 1.82) is 0 Å². The summed E-state index contributed by atoms with van der Waals surface area (Å²) < 4.78 is 4.46. The minimum atomic E-state index is -1.86. The SMILES string of the molecule is C=COC(=O)/C=C/c1ccc(C(O)O)c(C(O)O)c1. The fourth-order valence-corrected chi connectivity index (χ4v) is 1.44. The van der Waals surface area contributed by atoms with E-state index < -0.39 is 18.5 Å². The lowest BCUT2D eigenvalue weighted by atomic mass is 10.0. The predicted molar refractivity (Wildman–Crippen MR) is 66.1 cm³/mol. The van der Waals surface area contributed by atoms with Gasteiger partial charge in [-0.05, 0) is 17.7 Å². The Morgan fingerprint density at radius 1 is 1.16 bits per heavy atom. The number of ether oxygens (including phenoxy) is 1. The number of rotatable bonds is 5. The Labute approximate surface area is 109 Å². The van der Waals surface area contributed by atoms with Crippen molar-refractivity contribution in [1.82, 2.24) is 0 Å².